The molecule has 1 N–H and O–H groups in total. The number of hydrogen-bond donors (Lipinski definition) is 1. The first-order valence-corrected chi connectivity index (χ1v) is 14.7. The predicted molar refractivity (Wildman–Crippen MR) is 156 cm³/mol. The Morgan fingerprint density at radius 1 is 0.872 bits per heavy atom. The van der Waals surface area contributed by atoms with Crippen LogP contribution in [-0.2, 0) is 26.2 Å². The van der Waals surface area contributed by atoms with Gasteiger partial charge in [-0.2, -0.15) is 0 Å². The SMILES string of the molecule is CCC(C)NC(=O)C(C)N(Cc1ccc(C)cc1)C(=O)CN(c1cc(C)ccc1C)S(=O)(=O)c1ccccc1. The number of nitrogens with one attached hydrogen (secondary N) is 1. The van der Waals surface area contributed by atoms with E-state index in [0.29, 0.717) is 5.69 Å². The Morgan fingerprint density at radius 2 is 1.49 bits per heavy atom. The van der Waals surface area contributed by atoms with Crippen molar-refractivity contribution in [3.8, 4) is 0 Å². The summed E-state index contributed by atoms with van der Waals surface area (Å²) in [5, 5.41) is 2.95. The lowest BCUT2D eigenvalue weighted by atomic mass is 10.1. The van der Waals surface area contributed by atoms with Crippen molar-refractivity contribution < 1.29 is 18.0 Å². The van der Waals surface area contributed by atoms with Gasteiger partial charge in [-0.15, -0.1) is 0 Å². The summed E-state index contributed by atoms with van der Waals surface area (Å²) in [6.07, 6.45) is 0.750. The number of aryl methyl sites for hydroxylation is 3. The molecule has 0 saturated carbocycles. The predicted octanol–water partition coefficient (Wildman–Crippen LogP) is 5.14. The zero-order valence-corrected chi connectivity index (χ0v) is 24.5. The molecule has 2 amide bonds. The normalized spacial score (nSPS) is 12.9. The van der Waals surface area contributed by atoms with E-state index in [9.17, 15) is 18.0 Å². The Kier molecular flexibility index (Phi) is 9.92. The maximum atomic E-state index is 14.0. The molecular weight excluding hydrogens is 510 g/mol. The molecule has 0 saturated heterocycles. The lowest BCUT2D eigenvalue weighted by Gasteiger charge is -2.33. The summed E-state index contributed by atoms with van der Waals surface area (Å²) in [5.74, 6) is -0.753. The fraction of sp³-hybridized carbons (Fsp3) is 0.355. The van der Waals surface area contributed by atoms with E-state index in [2.05, 4.69) is 5.32 Å². The van der Waals surface area contributed by atoms with Crippen molar-refractivity contribution in [2.45, 2.75) is 71.5 Å². The van der Waals surface area contributed by atoms with Gasteiger partial charge in [-0.25, -0.2) is 8.42 Å². The number of carbonyl (C=O) groups is 2. The van der Waals surface area contributed by atoms with Crippen molar-refractivity contribution in [1.82, 2.24) is 10.2 Å². The van der Waals surface area contributed by atoms with Crippen LogP contribution in [0, 0.1) is 20.8 Å². The highest BCUT2D eigenvalue weighted by molar-refractivity contribution is 7.92. The number of amides is 2. The number of carbonyl (C=O) groups excluding carboxylic acids is 2. The molecular formula is C31H39N3O4S. The third-order valence-electron chi connectivity index (χ3n) is 6.89. The molecule has 7 nitrogen and oxygen atoms in total. The van der Waals surface area contributed by atoms with Gasteiger partial charge >= 0.3 is 0 Å². The fourth-order valence-corrected chi connectivity index (χ4v) is 5.65. The Hall–Kier alpha value is -3.65. The van der Waals surface area contributed by atoms with Gasteiger partial charge < -0.3 is 10.2 Å². The van der Waals surface area contributed by atoms with Crippen LogP contribution in [0.1, 0.15) is 49.4 Å². The second-order valence-electron chi connectivity index (χ2n) is 10.1. The Bertz CT molecular complexity index is 1390. The van der Waals surface area contributed by atoms with E-state index in [4.69, 9.17) is 0 Å². The largest absolute Gasteiger partial charge is 0.352 e. The van der Waals surface area contributed by atoms with Crippen molar-refractivity contribution in [2.75, 3.05) is 10.8 Å². The van der Waals surface area contributed by atoms with Gasteiger partial charge in [-0.3, -0.25) is 13.9 Å². The number of nitrogens with zero attached hydrogens (tertiary/aromatic N) is 2. The number of hydrogen-bond acceptors (Lipinski definition) is 4. The first-order valence-electron chi connectivity index (χ1n) is 13.2. The van der Waals surface area contributed by atoms with Crippen molar-refractivity contribution >= 4 is 27.5 Å². The van der Waals surface area contributed by atoms with Gasteiger partial charge in [0.15, 0.2) is 0 Å². The highest BCUT2D eigenvalue weighted by atomic mass is 32.2. The quantitative estimate of drug-likeness (QED) is 0.359. The number of benzene rings is 3. The third kappa shape index (κ3) is 7.47. The van der Waals surface area contributed by atoms with Gasteiger partial charge in [0.1, 0.15) is 12.6 Å². The average molecular weight is 550 g/mol. The van der Waals surface area contributed by atoms with E-state index in [-0.39, 0.29) is 23.4 Å². The van der Waals surface area contributed by atoms with E-state index in [0.717, 1.165) is 33.0 Å². The maximum Gasteiger partial charge on any atom is 0.264 e. The van der Waals surface area contributed by atoms with Gasteiger partial charge in [0.25, 0.3) is 10.0 Å². The molecule has 0 heterocycles. The Labute approximate surface area is 232 Å². The number of sulfonamides is 1. The van der Waals surface area contributed by atoms with Gasteiger partial charge in [0.05, 0.1) is 10.6 Å². The van der Waals surface area contributed by atoms with Crippen LogP contribution < -0.4 is 9.62 Å². The number of anilines is 1. The van der Waals surface area contributed by atoms with Crippen LogP contribution in [0.5, 0.6) is 0 Å². The minimum atomic E-state index is -4.08. The van der Waals surface area contributed by atoms with E-state index >= 15 is 0 Å². The lowest BCUT2D eigenvalue weighted by molar-refractivity contribution is -0.139. The molecule has 3 rings (SSSR count). The van der Waals surface area contributed by atoms with Gasteiger partial charge in [0.2, 0.25) is 11.8 Å². The summed E-state index contributed by atoms with van der Waals surface area (Å²) < 4.78 is 29.0. The van der Waals surface area contributed by atoms with E-state index < -0.39 is 28.5 Å². The molecule has 2 atom stereocenters. The minimum absolute atomic E-state index is 0.0545. The second-order valence-corrected chi connectivity index (χ2v) is 12.0. The van der Waals surface area contributed by atoms with Crippen molar-refractivity contribution in [2.24, 2.45) is 0 Å². The molecule has 0 bridgehead atoms. The molecule has 3 aromatic rings. The molecule has 0 fully saturated rings. The maximum absolute atomic E-state index is 14.0. The van der Waals surface area contributed by atoms with Gasteiger partial charge in [0, 0.05) is 12.6 Å². The second kappa shape index (κ2) is 12.9. The van der Waals surface area contributed by atoms with Crippen LogP contribution in [0.2, 0.25) is 0 Å². The van der Waals surface area contributed by atoms with Gasteiger partial charge in [-0.1, -0.05) is 67.1 Å². The van der Waals surface area contributed by atoms with Crippen molar-refractivity contribution in [1.29, 1.82) is 0 Å². The van der Waals surface area contributed by atoms with Crippen LogP contribution >= 0.6 is 0 Å². The van der Waals surface area contributed by atoms with E-state index in [1.165, 1.54) is 17.0 Å². The lowest BCUT2D eigenvalue weighted by Crippen LogP contribution is -2.52. The highest BCUT2D eigenvalue weighted by Crippen LogP contribution is 2.28. The molecule has 0 spiro atoms. The molecule has 0 aromatic heterocycles. The molecule has 208 valence electrons. The molecule has 0 radical (unpaired) electrons. The van der Waals surface area contributed by atoms with E-state index in [1.54, 1.807) is 31.2 Å². The first-order chi connectivity index (χ1) is 18.4. The summed E-state index contributed by atoms with van der Waals surface area (Å²) in [7, 11) is -4.08. The molecule has 0 aliphatic carbocycles. The van der Waals surface area contributed by atoms with Crippen LogP contribution in [0.3, 0.4) is 0 Å². The molecule has 0 aliphatic heterocycles. The summed E-state index contributed by atoms with van der Waals surface area (Å²) in [4.78, 5) is 28.7. The Balaban J connectivity index is 2.05. The third-order valence-corrected chi connectivity index (χ3v) is 8.66. The molecule has 0 aliphatic rings. The summed E-state index contributed by atoms with van der Waals surface area (Å²) in [5.41, 5.74) is 3.95. The monoisotopic (exact) mass is 549 g/mol. The van der Waals surface area contributed by atoms with E-state index in [1.807, 2.05) is 71.0 Å². The zero-order valence-electron chi connectivity index (χ0n) is 23.6. The highest BCUT2D eigenvalue weighted by Gasteiger charge is 2.33. The molecule has 3 aromatic carbocycles. The number of rotatable bonds is 11. The van der Waals surface area contributed by atoms with Crippen molar-refractivity contribution in [3.63, 3.8) is 0 Å². The zero-order chi connectivity index (χ0) is 28.7. The summed E-state index contributed by atoms with van der Waals surface area (Å²) in [6.45, 7) is 11.0. The van der Waals surface area contributed by atoms with Gasteiger partial charge in [-0.05, 0) is 75.9 Å². The van der Waals surface area contributed by atoms with Crippen molar-refractivity contribution in [3.05, 3.63) is 95.1 Å². The smallest absolute Gasteiger partial charge is 0.264 e. The fourth-order valence-electron chi connectivity index (χ4n) is 4.16. The molecule has 8 heteroatoms. The first kappa shape index (κ1) is 29.9. The van der Waals surface area contributed by atoms with Crippen LogP contribution in [0.15, 0.2) is 77.7 Å². The topological polar surface area (TPSA) is 86.8 Å². The molecule has 39 heavy (non-hydrogen) atoms. The average Bonchev–Trinajstić information content (AvgIpc) is 2.92. The van der Waals surface area contributed by atoms with Crippen LogP contribution in [0.25, 0.3) is 0 Å². The van der Waals surface area contributed by atoms with Crippen LogP contribution in [-0.4, -0.2) is 43.8 Å². The summed E-state index contributed by atoms with van der Waals surface area (Å²) >= 11 is 0. The Morgan fingerprint density at radius 3 is 2.10 bits per heavy atom. The minimum Gasteiger partial charge on any atom is -0.352 e. The molecule has 2 unspecified atom stereocenters. The van der Waals surface area contributed by atoms with Crippen LogP contribution in [0.4, 0.5) is 5.69 Å². The standard InChI is InChI=1S/C31H39N3O4S/c1-7-25(5)32-31(36)26(6)33(20-27-17-14-22(2)15-18-27)30(35)21-34(29-19-23(3)13-16-24(29)4)39(37,38)28-11-9-8-10-12-28/h8-19,25-26H,7,20-21H2,1-6H3,(H,32,36). The summed E-state index contributed by atoms with van der Waals surface area (Å²) in [6, 6.07) is 20.5.